The van der Waals surface area contributed by atoms with Crippen molar-refractivity contribution >= 4 is 43.1 Å². The Kier molecular flexibility index (Phi) is 11.3. The lowest BCUT2D eigenvalue weighted by molar-refractivity contribution is -0.144. The Morgan fingerprint density at radius 3 is 0.829 bits per heavy atom. The lowest BCUT2D eigenvalue weighted by Crippen LogP contribution is -2.11. The highest BCUT2D eigenvalue weighted by Gasteiger charge is 2.42. The van der Waals surface area contributed by atoms with Crippen molar-refractivity contribution in [3.63, 3.8) is 0 Å². The summed E-state index contributed by atoms with van der Waals surface area (Å²) in [5.41, 5.74) is 1.34. The minimum atomic E-state index is -5.20. The van der Waals surface area contributed by atoms with Crippen LogP contribution in [0.3, 0.4) is 0 Å². The van der Waals surface area contributed by atoms with E-state index in [2.05, 4.69) is 20.8 Å². The molecule has 13 rings (SSSR count). The van der Waals surface area contributed by atoms with Gasteiger partial charge in [0.1, 0.15) is 0 Å². The molecule has 2 aliphatic rings. The largest absolute Gasteiger partial charge is 0.416 e. The van der Waals surface area contributed by atoms with E-state index in [9.17, 15) is 26.3 Å². The molecule has 12 heteroatoms. The fraction of sp³-hybridized carbons (Fsp3) is 0.171. The fourth-order valence-corrected chi connectivity index (χ4v) is 12.7. The molecule has 0 unspecified atom stereocenters. The molecule has 0 nitrogen and oxygen atoms in total. The summed E-state index contributed by atoms with van der Waals surface area (Å²) in [6.07, 6.45) is -20.8. The van der Waals surface area contributed by atoms with Crippen molar-refractivity contribution in [2.45, 2.75) is 77.1 Å². The minimum absolute atomic E-state index is 0.105. The molecule has 0 spiro atoms. The van der Waals surface area contributed by atoms with Crippen molar-refractivity contribution in [2.24, 2.45) is 0 Å². The van der Waals surface area contributed by atoms with Crippen LogP contribution < -0.4 is 0 Å². The van der Waals surface area contributed by atoms with Crippen LogP contribution in [-0.4, -0.2) is 0 Å². The number of halogens is 12. The Hall–Kier alpha value is -8.38. The Morgan fingerprint density at radius 1 is 0.232 bits per heavy atom. The monoisotopic (exact) mass is 1110 g/mol. The van der Waals surface area contributed by atoms with Gasteiger partial charge in [0.25, 0.3) is 0 Å². The molecule has 0 N–H and O–H groups in total. The van der Waals surface area contributed by atoms with E-state index in [4.69, 9.17) is 0 Å². The summed E-state index contributed by atoms with van der Waals surface area (Å²) < 4.78 is 180. The molecule has 0 heterocycles. The van der Waals surface area contributed by atoms with Gasteiger partial charge in [0, 0.05) is 0 Å². The summed E-state index contributed by atoms with van der Waals surface area (Å²) in [6, 6.07) is 44.2. The normalized spacial score (nSPS) is 13.5. The second-order valence-corrected chi connectivity index (χ2v) is 23.6. The third-order valence-electron chi connectivity index (χ3n) is 16.4. The van der Waals surface area contributed by atoms with Crippen LogP contribution in [0.25, 0.3) is 132 Å². The van der Waals surface area contributed by atoms with Crippen molar-refractivity contribution in [2.75, 3.05) is 0 Å². The van der Waals surface area contributed by atoms with Crippen molar-refractivity contribution < 1.29 is 52.7 Å². The van der Waals surface area contributed by atoms with Gasteiger partial charge in [-0.2, -0.15) is 52.7 Å². The highest BCUT2D eigenvalue weighted by Crippen LogP contribution is 2.65. The molecule has 0 saturated heterocycles. The molecular weight excluding hydrogens is 1070 g/mol. The van der Waals surface area contributed by atoms with Crippen LogP contribution in [0.4, 0.5) is 52.7 Å². The zero-order valence-electron chi connectivity index (χ0n) is 44.7. The van der Waals surface area contributed by atoms with E-state index in [0.717, 1.165) is 51.9 Å². The smallest absolute Gasteiger partial charge is 0.166 e. The average Bonchev–Trinajstić information content (AvgIpc) is 1.62. The number of rotatable bonds is 4. The summed E-state index contributed by atoms with van der Waals surface area (Å²) in [6.45, 7) is 12.3. The van der Waals surface area contributed by atoms with Gasteiger partial charge < -0.3 is 0 Å². The first kappa shape index (κ1) is 53.0. The summed E-state index contributed by atoms with van der Waals surface area (Å²) >= 11 is 0. The van der Waals surface area contributed by atoms with Crippen molar-refractivity contribution in [3.8, 4) is 89.0 Å². The van der Waals surface area contributed by atoms with Gasteiger partial charge in [0.15, 0.2) is 0 Å². The lowest BCUT2D eigenvalue weighted by Gasteiger charge is -2.24. The third-order valence-corrected chi connectivity index (χ3v) is 16.4. The molecule has 0 bridgehead atoms. The molecule has 11 aromatic rings. The molecule has 0 fully saturated rings. The zero-order chi connectivity index (χ0) is 58.1. The van der Waals surface area contributed by atoms with Gasteiger partial charge in [0.05, 0.1) is 22.3 Å². The molecule has 82 heavy (non-hydrogen) atoms. The van der Waals surface area contributed by atoms with Crippen LogP contribution in [0.1, 0.15) is 74.9 Å². The maximum absolute atomic E-state index is 15.1. The number of alkyl halides is 12. The van der Waals surface area contributed by atoms with E-state index in [0.29, 0.717) is 93.3 Å². The summed E-state index contributed by atoms with van der Waals surface area (Å²) in [5, 5.41) is 4.39. The highest BCUT2D eigenvalue weighted by atomic mass is 19.4. The van der Waals surface area contributed by atoms with Crippen LogP contribution in [0.2, 0.25) is 0 Å². The van der Waals surface area contributed by atoms with Gasteiger partial charge in [-0.25, -0.2) is 0 Å². The fourth-order valence-electron chi connectivity index (χ4n) is 12.7. The van der Waals surface area contributed by atoms with Crippen molar-refractivity contribution in [1.82, 2.24) is 0 Å². The zero-order valence-corrected chi connectivity index (χ0v) is 44.7. The van der Waals surface area contributed by atoms with Crippen LogP contribution in [0, 0.1) is 0 Å². The van der Waals surface area contributed by atoms with Crippen molar-refractivity contribution in [3.05, 3.63) is 203 Å². The predicted octanol–water partition coefficient (Wildman–Crippen LogP) is 22.9. The van der Waals surface area contributed by atoms with Gasteiger partial charge in [0.2, 0.25) is 0 Å². The molecule has 2 aliphatic carbocycles. The van der Waals surface area contributed by atoms with Gasteiger partial charge >= 0.3 is 24.7 Å². The molecule has 0 amide bonds. The van der Waals surface area contributed by atoms with E-state index in [-0.39, 0.29) is 45.2 Å². The second kappa shape index (κ2) is 17.6. The third kappa shape index (κ3) is 8.29. The Morgan fingerprint density at radius 2 is 0.512 bits per heavy atom. The SMILES string of the molecule is CC(C)(C)c1cccc(-c2c3c(c(-c4cc(C(F)(F)F)cc(C(F)(F)F)c4)c4ccccc24)-c2ccc4c5c(ccc-3c25)-c2c-4c(-c3cccc(C(C)(C)C)c3)c3cc4ccccc4cc3c2-c2cc(C(F)(F)F)cc(C(F)(F)F)c2)c1. The molecule has 0 aliphatic heterocycles. The molecule has 11 aromatic carbocycles. The minimum Gasteiger partial charge on any atom is -0.166 e. The topological polar surface area (TPSA) is 0 Å². The second-order valence-electron chi connectivity index (χ2n) is 23.6. The molecule has 0 aromatic heterocycles. The Bertz CT molecular complexity index is 4510. The predicted molar refractivity (Wildman–Crippen MR) is 304 cm³/mol. The summed E-state index contributed by atoms with van der Waals surface area (Å²) in [5.74, 6) is 0. The molecule has 410 valence electrons. The Labute approximate surface area is 463 Å². The highest BCUT2D eigenvalue weighted by molar-refractivity contribution is 6.35. The van der Waals surface area contributed by atoms with Crippen LogP contribution in [0.5, 0.6) is 0 Å². The summed E-state index contributed by atoms with van der Waals surface area (Å²) in [4.78, 5) is 0. The van der Waals surface area contributed by atoms with E-state index in [1.54, 1.807) is 48.5 Å². The van der Waals surface area contributed by atoms with Gasteiger partial charge in [-0.05, 0) is 203 Å². The van der Waals surface area contributed by atoms with Gasteiger partial charge in [-0.15, -0.1) is 0 Å². The first-order chi connectivity index (χ1) is 38.5. The Balaban J connectivity index is 1.24. The molecule has 0 atom stereocenters. The van der Waals surface area contributed by atoms with Gasteiger partial charge in [-0.1, -0.05) is 163 Å². The molecule has 0 radical (unpaired) electrons. The van der Waals surface area contributed by atoms with Crippen LogP contribution in [-0.2, 0) is 35.5 Å². The number of hydrogen-bond donors (Lipinski definition) is 0. The van der Waals surface area contributed by atoms with Crippen LogP contribution >= 0.6 is 0 Å². The van der Waals surface area contributed by atoms with E-state index >= 15 is 26.3 Å². The maximum Gasteiger partial charge on any atom is 0.416 e. The summed E-state index contributed by atoms with van der Waals surface area (Å²) in [7, 11) is 0. The van der Waals surface area contributed by atoms with E-state index in [1.165, 1.54) is 0 Å². The van der Waals surface area contributed by atoms with Gasteiger partial charge in [-0.3, -0.25) is 0 Å². The average molecular weight is 1120 g/mol. The van der Waals surface area contributed by atoms with Crippen LogP contribution in [0.15, 0.2) is 170 Å². The van der Waals surface area contributed by atoms with E-state index in [1.807, 2.05) is 106 Å². The lowest BCUT2D eigenvalue weighted by atomic mass is 9.79. The first-order valence-corrected chi connectivity index (χ1v) is 26.5. The standard InChI is InChI=1S/C70H46F12/c1-65(2,3)41-17-11-15-37(25-41)55-47-19-9-10-20-48(47)57(39-27-43(67(71,72)73)33-44(28-39)68(74,75)76)63-51-23-22-50-60-52(24-21-49(59(51)60)61(55)63)64-58(40-29-45(69(77,78)79)34-46(30-40)70(80,81)82)54-32-36-14-8-7-13-35(36)31-53(54)56(62(50)64)38-16-12-18-42(26-38)66(4,5)6/h7-34H,1-6H3. The quantitative estimate of drug-likeness (QED) is 0.122. The van der Waals surface area contributed by atoms with Crippen molar-refractivity contribution in [1.29, 1.82) is 0 Å². The molecule has 0 saturated carbocycles. The number of hydrogen-bond acceptors (Lipinski definition) is 0. The first-order valence-electron chi connectivity index (χ1n) is 26.5. The van der Waals surface area contributed by atoms with E-state index < -0.39 is 47.0 Å². The number of fused-ring (bicyclic) bond motifs is 9. The molecular formula is C70H46F12. The maximum atomic E-state index is 15.1. The number of benzene rings is 11.